The molecule has 0 saturated carbocycles. The number of aryl methyl sites for hydroxylation is 1. The molecule has 0 radical (unpaired) electrons. The monoisotopic (exact) mass is 151 g/mol. The van der Waals surface area contributed by atoms with Gasteiger partial charge in [-0.3, -0.25) is 4.68 Å². The topological polar surface area (TPSA) is 30.7 Å². The van der Waals surface area contributed by atoms with Crippen molar-refractivity contribution in [2.45, 2.75) is 0 Å². The van der Waals surface area contributed by atoms with Crippen molar-refractivity contribution < 1.29 is 4.39 Å². The Morgan fingerprint density at radius 2 is 2.27 bits per heavy atom. The zero-order valence-corrected chi connectivity index (χ0v) is 5.95. The molecule has 0 aliphatic carbocycles. The van der Waals surface area contributed by atoms with Gasteiger partial charge in [0, 0.05) is 12.4 Å². The van der Waals surface area contributed by atoms with Crippen LogP contribution in [0.2, 0.25) is 0 Å². The molecule has 3 nitrogen and oxygen atoms in total. The first kappa shape index (κ1) is 6.27. The fourth-order valence-electron chi connectivity index (χ4n) is 1.02. The summed E-state index contributed by atoms with van der Waals surface area (Å²) >= 11 is 0. The zero-order valence-electron chi connectivity index (χ0n) is 5.95. The van der Waals surface area contributed by atoms with Gasteiger partial charge in [0.25, 0.3) is 0 Å². The Labute approximate surface area is 62.5 Å². The predicted molar refractivity (Wildman–Crippen MR) is 38.5 cm³/mol. The molecule has 11 heavy (non-hydrogen) atoms. The van der Waals surface area contributed by atoms with E-state index in [1.807, 2.05) is 0 Å². The Hall–Kier alpha value is -1.45. The van der Waals surface area contributed by atoms with Gasteiger partial charge < -0.3 is 0 Å². The van der Waals surface area contributed by atoms with Crippen molar-refractivity contribution in [3.63, 3.8) is 0 Å². The molecule has 0 aliphatic heterocycles. The molecule has 0 atom stereocenters. The Bertz CT molecular complexity index is 393. The largest absolute Gasteiger partial charge is 0.250 e. The Morgan fingerprint density at radius 1 is 1.45 bits per heavy atom. The first-order chi connectivity index (χ1) is 5.27. The highest BCUT2D eigenvalue weighted by Crippen LogP contribution is 2.09. The molecular formula is C7H6FN3. The fraction of sp³-hybridized carbons (Fsp3) is 0.143. The second-order valence-electron chi connectivity index (χ2n) is 2.33. The van der Waals surface area contributed by atoms with Crippen LogP contribution in [0.5, 0.6) is 0 Å². The lowest BCUT2D eigenvalue weighted by Crippen LogP contribution is -1.91. The van der Waals surface area contributed by atoms with Gasteiger partial charge in [-0.05, 0) is 6.07 Å². The van der Waals surface area contributed by atoms with E-state index in [1.165, 1.54) is 12.3 Å². The molecular weight excluding hydrogens is 145 g/mol. The van der Waals surface area contributed by atoms with Gasteiger partial charge in [-0.25, -0.2) is 9.37 Å². The zero-order chi connectivity index (χ0) is 7.84. The van der Waals surface area contributed by atoms with E-state index in [0.717, 1.165) is 5.39 Å². The van der Waals surface area contributed by atoms with Crippen molar-refractivity contribution in [1.29, 1.82) is 0 Å². The van der Waals surface area contributed by atoms with Crippen LogP contribution in [0.15, 0.2) is 18.5 Å². The van der Waals surface area contributed by atoms with Crippen molar-refractivity contribution in [3.05, 3.63) is 24.3 Å². The van der Waals surface area contributed by atoms with E-state index in [-0.39, 0.29) is 5.82 Å². The van der Waals surface area contributed by atoms with Gasteiger partial charge in [0.15, 0.2) is 5.65 Å². The van der Waals surface area contributed by atoms with Crippen LogP contribution in [0.25, 0.3) is 11.0 Å². The van der Waals surface area contributed by atoms with Crippen molar-refractivity contribution in [1.82, 2.24) is 14.8 Å². The summed E-state index contributed by atoms with van der Waals surface area (Å²) < 4.78 is 14.2. The summed E-state index contributed by atoms with van der Waals surface area (Å²) in [5, 5.41) is 4.65. The van der Waals surface area contributed by atoms with Crippen molar-refractivity contribution >= 4 is 11.0 Å². The number of aromatic nitrogens is 3. The van der Waals surface area contributed by atoms with Crippen LogP contribution in [0.1, 0.15) is 0 Å². The highest BCUT2D eigenvalue weighted by atomic mass is 19.1. The van der Waals surface area contributed by atoms with Gasteiger partial charge in [-0.2, -0.15) is 5.10 Å². The van der Waals surface area contributed by atoms with Crippen LogP contribution in [0, 0.1) is 5.82 Å². The minimum atomic E-state index is -0.328. The molecule has 0 aliphatic rings. The normalized spacial score (nSPS) is 10.7. The van der Waals surface area contributed by atoms with Gasteiger partial charge in [0.1, 0.15) is 5.82 Å². The van der Waals surface area contributed by atoms with E-state index in [2.05, 4.69) is 10.1 Å². The summed E-state index contributed by atoms with van der Waals surface area (Å²) in [6, 6.07) is 1.41. The fourth-order valence-corrected chi connectivity index (χ4v) is 1.02. The van der Waals surface area contributed by atoms with Crippen LogP contribution in [-0.2, 0) is 7.05 Å². The highest BCUT2D eigenvalue weighted by molar-refractivity contribution is 5.73. The molecule has 56 valence electrons. The maximum absolute atomic E-state index is 12.5. The highest BCUT2D eigenvalue weighted by Gasteiger charge is 2.00. The van der Waals surface area contributed by atoms with Crippen molar-refractivity contribution in [2.24, 2.45) is 7.05 Å². The second kappa shape index (κ2) is 2.02. The minimum absolute atomic E-state index is 0.328. The standard InChI is InChI=1S/C7H6FN3/c1-11-7-5(3-10-11)2-6(8)4-9-7/h2-4H,1H3. The van der Waals surface area contributed by atoms with Crippen molar-refractivity contribution in [2.75, 3.05) is 0 Å². The van der Waals surface area contributed by atoms with Gasteiger partial charge in [0.2, 0.25) is 0 Å². The molecule has 0 spiro atoms. The SMILES string of the molecule is Cn1ncc2cc(F)cnc21. The first-order valence-corrected chi connectivity index (χ1v) is 3.20. The lowest BCUT2D eigenvalue weighted by Gasteiger charge is -1.90. The van der Waals surface area contributed by atoms with Gasteiger partial charge in [-0.1, -0.05) is 0 Å². The van der Waals surface area contributed by atoms with Gasteiger partial charge in [-0.15, -0.1) is 0 Å². The minimum Gasteiger partial charge on any atom is -0.250 e. The average Bonchev–Trinajstić information content (AvgIpc) is 2.32. The van der Waals surface area contributed by atoms with Crippen molar-refractivity contribution in [3.8, 4) is 0 Å². The maximum atomic E-state index is 12.5. The van der Waals surface area contributed by atoms with E-state index < -0.39 is 0 Å². The Kier molecular flexibility index (Phi) is 1.15. The summed E-state index contributed by atoms with van der Waals surface area (Å²) in [5.74, 6) is -0.328. The second-order valence-corrected chi connectivity index (χ2v) is 2.33. The van der Waals surface area contributed by atoms with E-state index in [4.69, 9.17) is 0 Å². The summed E-state index contributed by atoms with van der Waals surface area (Å²) in [5.41, 5.74) is 0.700. The van der Waals surface area contributed by atoms with E-state index in [1.54, 1.807) is 17.9 Å². The molecule has 0 N–H and O–H groups in total. The number of pyridine rings is 1. The number of hydrogen-bond acceptors (Lipinski definition) is 2. The van der Waals surface area contributed by atoms with Crippen LogP contribution >= 0.6 is 0 Å². The third-order valence-corrected chi connectivity index (χ3v) is 1.54. The molecule has 2 heterocycles. The number of fused-ring (bicyclic) bond motifs is 1. The Morgan fingerprint density at radius 3 is 3.09 bits per heavy atom. The number of halogens is 1. The van der Waals surface area contributed by atoms with Gasteiger partial charge in [0.05, 0.1) is 12.4 Å². The van der Waals surface area contributed by atoms with Crippen LogP contribution in [0.4, 0.5) is 4.39 Å². The molecule has 0 bridgehead atoms. The summed E-state index contributed by atoms with van der Waals surface area (Å²) in [4.78, 5) is 3.87. The molecule has 0 aromatic carbocycles. The molecule has 2 rings (SSSR count). The average molecular weight is 151 g/mol. The first-order valence-electron chi connectivity index (χ1n) is 3.20. The molecule has 4 heteroatoms. The van der Waals surface area contributed by atoms with Gasteiger partial charge >= 0.3 is 0 Å². The molecule has 2 aromatic heterocycles. The van der Waals surface area contributed by atoms with E-state index in [0.29, 0.717) is 5.65 Å². The quantitative estimate of drug-likeness (QED) is 0.564. The van der Waals surface area contributed by atoms with Crippen LogP contribution in [0.3, 0.4) is 0 Å². The number of hydrogen-bond donors (Lipinski definition) is 0. The molecule has 0 amide bonds. The number of rotatable bonds is 0. The molecule has 2 aromatic rings. The van der Waals surface area contributed by atoms with Crippen LogP contribution in [-0.4, -0.2) is 14.8 Å². The van der Waals surface area contributed by atoms with E-state index in [9.17, 15) is 4.39 Å². The van der Waals surface area contributed by atoms with E-state index >= 15 is 0 Å². The molecule has 0 unspecified atom stereocenters. The molecule has 0 saturated heterocycles. The number of nitrogens with zero attached hydrogens (tertiary/aromatic N) is 3. The third-order valence-electron chi connectivity index (χ3n) is 1.54. The summed E-state index contributed by atoms with van der Waals surface area (Å²) in [6.45, 7) is 0. The lowest BCUT2D eigenvalue weighted by atomic mass is 10.3. The Balaban J connectivity index is 2.86. The lowest BCUT2D eigenvalue weighted by molar-refractivity contribution is 0.623. The predicted octanol–water partition coefficient (Wildman–Crippen LogP) is 1.11. The molecule has 0 fully saturated rings. The maximum Gasteiger partial charge on any atom is 0.157 e. The van der Waals surface area contributed by atoms with Crippen LogP contribution < -0.4 is 0 Å². The smallest absolute Gasteiger partial charge is 0.157 e. The summed E-state index contributed by atoms with van der Waals surface area (Å²) in [7, 11) is 1.77. The summed E-state index contributed by atoms with van der Waals surface area (Å²) in [6.07, 6.45) is 2.77. The third kappa shape index (κ3) is 0.869.